The van der Waals surface area contributed by atoms with Crippen LogP contribution in [0.4, 0.5) is 0 Å². The summed E-state index contributed by atoms with van der Waals surface area (Å²) in [7, 11) is -3.18. The Balaban J connectivity index is 0.00000116. The van der Waals surface area contributed by atoms with Crippen molar-refractivity contribution in [1.29, 1.82) is 0 Å². The van der Waals surface area contributed by atoms with Gasteiger partial charge in [-0.2, -0.15) is 0 Å². The van der Waals surface area contributed by atoms with Crippen molar-refractivity contribution in [1.82, 2.24) is 14.1 Å². The van der Waals surface area contributed by atoms with E-state index in [1.165, 1.54) is 6.66 Å². The quantitative estimate of drug-likeness (QED) is 0.863. The van der Waals surface area contributed by atoms with Crippen LogP contribution >= 0.6 is 7.52 Å². The lowest BCUT2D eigenvalue weighted by atomic mass is 10.3. The Morgan fingerprint density at radius 1 is 1.14 bits per heavy atom. The predicted octanol–water partition coefficient (Wildman–Crippen LogP) is 2.09. The number of aryl methyl sites for hydroxylation is 2. The van der Waals surface area contributed by atoms with Gasteiger partial charge >= 0.3 is 0 Å². The highest BCUT2D eigenvalue weighted by Crippen LogP contribution is 2.40. The largest absolute Gasteiger partial charge is 0.340 e. The summed E-state index contributed by atoms with van der Waals surface area (Å²) in [6.07, 6.45) is 0. The highest BCUT2D eigenvalue weighted by Gasteiger charge is 2.28. The SMILES string of the molecule is CC.Cc1ccc(C)n1CC(=O)N1CCN(P(C)(=O)O)CC1. The first-order valence-electron chi connectivity index (χ1n) is 7.75. The summed E-state index contributed by atoms with van der Waals surface area (Å²) in [6, 6.07) is 4.00. The standard InChI is InChI=1S/C13H22N3O3P.C2H6/c1-11-4-5-12(2)16(11)10-13(17)14-6-8-15(9-7-14)20(3,18)19;1-2/h4-5H,6-10H2,1-3H3,(H,18,19);1-2H3. The van der Waals surface area contributed by atoms with Crippen molar-refractivity contribution < 1.29 is 14.3 Å². The number of nitrogens with zero attached hydrogens (tertiary/aromatic N) is 3. The van der Waals surface area contributed by atoms with Crippen molar-refractivity contribution in [2.45, 2.75) is 34.2 Å². The second kappa shape index (κ2) is 7.95. The zero-order chi connectivity index (χ0) is 16.9. The third kappa shape index (κ3) is 4.70. The maximum atomic E-state index is 12.3. The van der Waals surface area contributed by atoms with E-state index in [0.717, 1.165) is 11.4 Å². The summed E-state index contributed by atoms with van der Waals surface area (Å²) in [5.74, 6) is 0.0657. The Morgan fingerprint density at radius 2 is 1.59 bits per heavy atom. The monoisotopic (exact) mass is 329 g/mol. The number of aromatic nitrogens is 1. The number of piperazine rings is 1. The Bertz CT molecular complexity index is 523. The van der Waals surface area contributed by atoms with Gasteiger partial charge in [0.05, 0.1) is 0 Å². The molecule has 22 heavy (non-hydrogen) atoms. The molecule has 0 radical (unpaired) electrons. The van der Waals surface area contributed by atoms with Gasteiger partial charge in [0.15, 0.2) is 0 Å². The maximum Gasteiger partial charge on any atom is 0.266 e. The molecule has 126 valence electrons. The van der Waals surface area contributed by atoms with Crippen molar-refractivity contribution >= 4 is 13.4 Å². The highest BCUT2D eigenvalue weighted by molar-refractivity contribution is 7.54. The minimum atomic E-state index is -3.18. The Morgan fingerprint density at radius 3 is 2.00 bits per heavy atom. The molecule has 1 unspecified atom stereocenters. The van der Waals surface area contributed by atoms with E-state index in [-0.39, 0.29) is 5.91 Å². The lowest BCUT2D eigenvalue weighted by molar-refractivity contribution is -0.133. The zero-order valence-electron chi connectivity index (χ0n) is 14.2. The Hall–Kier alpha value is -1.10. The number of carbonyl (C=O) groups excluding carboxylic acids is 1. The maximum absolute atomic E-state index is 12.3. The molecule has 0 bridgehead atoms. The van der Waals surface area contributed by atoms with Crippen molar-refractivity contribution in [3.05, 3.63) is 23.5 Å². The molecule has 1 fully saturated rings. The van der Waals surface area contributed by atoms with Gasteiger partial charge in [-0.15, -0.1) is 0 Å². The average Bonchev–Trinajstić information content (AvgIpc) is 2.80. The van der Waals surface area contributed by atoms with E-state index >= 15 is 0 Å². The van der Waals surface area contributed by atoms with Gasteiger partial charge in [0.2, 0.25) is 5.91 Å². The van der Waals surface area contributed by atoms with E-state index in [4.69, 9.17) is 0 Å². The van der Waals surface area contributed by atoms with Crippen LogP contribution in [0.2, 0.25) is 0 Å². The van der Waals surface area contributed by atoms with E-state index in [1.807, 2.05) is 44.4 Å². The van der Waals surface area contributed by atoms with Gasteiger partial charge in [-0.1, -0.05) is 13.8 Å². The van der Waals surface area contributed by atoms with Crippen molar-refractivity contribution in [2.75, 3.05) is 32.8 Å². The molecule has 1 aliphatic heterocycles. The minimum absolute atomic E-state index is 0.0657. The van der Waals surface area contributed by atoms with Crippen LogP contribution in [0, 0.1) is 13.8 Å². The van der Waals surface area contributed by atoms with E-state index < -0.39 is 7.52 Å². The van der Waals surface area contributed by atoms with E-state index in [0.29, 0.717) is 32.7 Å². The Kier molecular flexibility index (Phi) is 6.85. The third-order valence-corrected chi connectivity index (χ3v) is 5.29. The van der Waals surface area contributed by atoms with Gasteiger partial charge in [0, 0.05) is 44.2 Å². The van der Waals surface area contributed by atoms with Crippen LogP contribution in [0.15, 0.2) is 12.1 Å². The summed E-state index contributed by atoms with van der Waals surface area (Å²) in [4.78, 5) is 23.6. The van der Waals surface area contributed by atoms with Crippen LogP contribution in [0.1, 0.15) is 25.2 Å². The second-order valence-corrected chi connectivity index (χ2v) is 7.61. The molecule has 0 aliphatic carbocycles. The first-order chi connectivity index (χ1) is 10.3. The topological polar surface area (TPSA) is 65.8 Å². The van der Waals surface area contributed by atoms with Crippen LogP contribution < -0.4 is 0 Å². The lowest BCUT2D eigenvalue weighted by Gasteiger charge is -2.35. The fourth-order valence-corrected chi connectivity index (χ4v) is 3.42. The molecule has 0 saturated carbocycles. The summed E-state index contributed by atoms with van der Waals surface area (Å²) < 4.78 is 15.1. The molecule has 2 rings (SSSR count). The molecule has 1 N–H and O–H groups in total. The van der Waals surface area contributed by atoms with Gasteiger partial charge in [-0.25, -0.2) is 4.67 Å². The summed E-state index contributed by atoms with van der Waals surface area (Å²) in [5.41, 5.74) is 2.14. The lowest BCUT2D eigenvalue weighted by Crippen LogP contribution is -2.48. The molecule has 1 aliphatic rings. The normalized spacial score (nSPS) is 18.4. The molecule has 1 aromatic heterocycles. The van der Waals surface area contributed by atoms with Gasteiger partial charge in [0.1, 0.15) is 6.54 Å². The van der Waals surface area contributed by atoms with Crippen LogP contribution in [-0.2, 0) is 15.9 Å². The Labute approximate surface area is 133 Å². The van der Waals surface area contributed by atoms with Crippen LogP contribution in [0.3, 0.4) is 0 Å². The molecule has 2 heterocycles. The van der Waals surface area contributed by atoms with Gasteiger partial charge in [0.25, 0.3) is 7.52 Å². The zero-order valence-corrected chi connectivity index (χ0v) is 15.1. The molecule has 1 atom stereocenters. The molecule has 0 aromatic carbocycles. The number of amides is 1. The molecule has 6 nitrogen and oxygen atoms in total. The summed E-state index contributed by atoms with van der Waals surface area (Å²) >= 11 is 0. The van der Waals surface area contributed by atoms with Crippen LogP contribution in [0.5, 0.6) is 0 Å². The molecule has 1 saturated heterocycles. The van der Waals surface area contributed by atoms with Gasteiger partial charge < -0.3 is 14.4 Å². The average molecular weight is 329 g/mol. The number of carbonyl (C=O) groups is 1. The first kappa shape index (κ1) is 18.9. The molecular formula is C15H28N3O3P. The van der Waals surface area contributed by atoms with Gasteiger partial charge in [-0.05, 0) is 26.0 Å². The van der Waals surface area contributed by atoms with E-state index in [1.54, 1.807) is 9.57 Å². The number of hydrogen-bond acceptors (Lipinski definition) is 2. The summed E-state index contributed by atoms with van der Waals surface area (Å²) in [6.45, 7) is 11.6. The van der Waals surface area contributed by atoms with Gasteiger partial charge in [-0.3, -0.25) is 9.36 Å². The van der Waals surface area contributed by atoms with Crippen LogP contribution in [0.25, 0.3) is 0 Å². The number of rotatable bonds is 3. The molecule has 7 heteroatoms. The van der Waals surface area contributed by atoms with E-state index in [9.17, 15) is 14.3 Å². The minimum Gasteiger partial charge on any atom is -0.340 e. The van der Waals surface area contributed by atoms with Crippen molar-refractivity contribution in [3.8, 4) is 0 Å². The van der Waals surface area contributed by atoms with E-state index in [2.05, 4.69) is 0 Å². The molecular weight excluding hydrogens is 301 g/mol. The third-order valence-electron chi connectivity index (χ3n) is 3.84. The highest BCUT2D eigenvalue weighted by atomic mass is 31.2. The van der Waals surface area contributed by atoms with Crippen LogP contribution in [-0.4, -0.2) is 57.8 Å². The molecule has 0 spiro atoms. The first-order valence-corrected chi connectivity index (χ1v) is 9.81. The number of hydrogen-bond donors (Lipinski definition) is 1. The second-order valence-electron chi connectivity index (χ2n) is 5.37. The van der Waals surface area contributed by atoms with Crippen molar-refractivity contribution in [2.24, 2.45) is 0 Å². The summed E-state index contributed by atoms with van der Waals surface area (Å²) in [5, 5.41) is 0. The predicted molar refractivity (Wildman–Crippen MR) is 89.2 cm³/mol. The molecule has 1 amide bonds. The fraction of sp³-hybridized carbons (Fsp3) is 0.667. The van der Waals surface area contributed by atoms with Crippen molar-refractivity contribution in [3.63, 3.8) is 0 Å². The smallest absolute Gasteiger partial charge is 0.266 e. The molecule has 1 aromatic rings. The fourth-order valence-electron chi connectivity index (χ4n) is 2.50.